The third-order valence-corrected chi connectivity index (χ3v) is 4.19. The van der Waals surface area contributed by atoms with E-state index in [4.69, 9.17) is 4.74 Å². The number of rotatable bonds is 9. The second kappa shape index (κ2) is 10.2. The molecule has 5 heteroatoms. The van der Waals surface area contributed by atoms with Crippen LogP contribution >= 0.6 is 0 Å². The van der Waals surface area contributed by atoms with E-state index in [9.17, 15) is 9.18 Å². The summed E-state index contributed by atoms with van der Waals surface area (Å²) in [5, 5.41) is 6.06. The minimum absolute atomic E-state index is 0.109. The molecule has 0 saturated carbocycles. The number of carbonyl (C=O) groups is 1. The number of amides is 1. The predicted octanol–water partition coefficient (Wildman–Crippen LogP) is 4.78. The third-order valence-electron chi connectivity index (χ3n) is 4.19. The van der Waals surface area contributed by atoms with Crippen LogP contribution in [0.15, 0.2) is 78.9 Å². The molecule has 3 aromatic carbocycles. The van der Waals surface area contributed by atoms with Crippen molar-refractivity contribution in [2.45, 2.75) is 12.8 Å². The molecule has 0 fully saturated rings. The van der Waals surface area contributed by atoms with Gasteiger partial charge in [0.25, 0.3) is 0 Å². The van der Waals surface area contributed by atoms with Crippen molar-refractivity contribution in [2.24, 2.45) is 0 Å². The lowest BCUT2D eigenvalue weighted by molar-refractivity contribution is -0.116. The molecule has 4 nitrogen and oxygen atoms in total. The van der Waals surface area contributed by atoms with E-state index in [1.165, 1.54) is 6.07 Å². The quantitative estimate of drug-likeness (QED) is 0.527. The average molecular weight is 378 g/mol. The zero-order chi connectivity index (χ0) is 19.6. The number of carbonyl (C=O) groups excluding carboxylic acids is 1. The van der Waals surface area contributed by atoms with Crippen LogP contribution in [0, 0.1) is 5.82 Å². The van der Waals surface area contributed by atoms with E-state index in [0.29, 0.717) is 48.7 Å². The van der Waals surface area contributed by atoms with Gasteiger partial charge < -0.3 is 15.4 Å². The lowest BCUT2D eigenvalue weighted by Gasteiger charge is -2.12. The second-order valence-electron chi connectivity index (χ2n) is 6.30. The van der Waals surface area contributed by atoms with Gasteiger partial charge in [-0.3, -0.25) is 4.79 Å². The molecule has 144 valence electrons. The van der Waals surface area contributed by atoms with Gasteiger partial charge in [0.2, 0.25) is 5.91 Å². The Kier molecular flexibility index (Phi) is 7.15. The number of hydrogen-bond donors (Lipinski definition) is 2. The van der Waals surface area contributed by atoms with E-state index < -0.39 is 0 Å². The van der Waals surface area contributed by atoms with Crippen molar-refractivity contribution in [3.05, 3.63) is 90.2 Å². The fourth-order valence-corrected chi connectivity index (χ4v) is 2.74. The van der Waals surface area contributed by atoms with Crippen LogP contribution in [-0.2, 0) is 11.2 Å². The highest BCUT2D eigenvalue weighted by molar-refractivity contribution is 5.92. The molecule has 1 amide bonds. The number of para-hydroxylation sites is 3. The molecule has 0 bridgehead atoms. The number of benzene rings is 3. The summed E-state index contributed by atoms with van der Waals surface area (Å²) >= 11 is 0. The SMILES string of the molecule is O=C(CCNCCc1ccccc1F)Nc1ccccc1Oc1ccccc1. The maximum Gasteiger partial charge on any atom is 0.225 e. The number of nitrogens with one attached hydrogen (secondary N) is 2. The zero-order valence-electron chi connectivity index (χ0n) is 15.5. The Balaban J connectivity index is 1.44. The van der Waals surface area contributed by atoms with Crippen molar-refractivity contribution in [2.75, 3.05) is 18.4 Å². The van der Waals surface area contributed by atoms with Crippen molar-refractivity contribution >= 4 is 11.6 Å². The van der Waals surface area contributed by atoms with Crippen molar-refractivity contribution in [3.8, 4) is 11.5 Å². The van der Waals surface area contributed by atoms with Gasteiger partial charge in [-0.2, -0.15) is 0 Å². The zero-order valence-corrected chi connectivity index (χ0v) is 15.5. The Morgan fingerprint density at radius 2 is 1.57 bits per heavy atom. The van der Waals surface area contributed by atoms with E-state index in [0.717, 1.165) is 0 Å². The standard InChI is InChI=1S/C23H23FN2O2/c24-20-11-5-4-8-18(20)14-16-25-17-15-23(27)26-21-12-6-7-13-22(21)28-19-9-2-1-3-10-19/h1-13,25H,14-17H2,(H,26,27). The highest BCUT2D eigenvalue weighted by Gasteiger charge is 2.08. The summed E-state index contributed by atoms with van der Waals surface area (Å²) in [5.41, 5.74) is 1.30. The van der Waals surface area contributed by atoms with E-state index >= 15 is 0 Å². The van der Waals surface area contributed by atoms with Crippen LogP contribution < -0.4 is 15.4 Å². The van der Waals surface area contributed by atoms with Crippen molar-refractivity contribution in [3.63, 3.8) is 0 Å². The number of anilines is 1. The lowest BCUT2D eigenvalue weighted by Crippen LogP contribution is -2.24. The maximum absolute atomic E-state index is 13.6. The minimum atomic E-state index is -0.197. The van der Waals surface area contributed by atoms with Crippen LogP contribution in [0.2, 0.25) is 0 Å². The maximum atomic E-state index is 13.6. The van der Waals surface area contributed by atoms with Gasteiger partial charge in [-0.05, 0) is 48.9 Å². The van der Waals surface area contributed by atoms with Crippen LogP contribution in [0.5, 0.6) is 11.5 Å². The summed E-state index contributed by atoms with van der Waals surface area (Å²) in [5.74, 6) is 0.994. The van der Waals surface area contributed by atoms with E-state index in [-0.39, 0.29) is 11.7 Å². The first kappa shape index (κ1) is 19.6. The first-order valence-electron chi connectivity index (χ1n) is 9.28. The number of halogens is 1. The molecule has 0 atom stereocenters. The Hall–Kier alpha value is -3.18. The predicted molar refractivity (Wildman–Crippen MR) is 109 cm³/mol. The van der Waals surface area contributed by atoms with Crippen molar-refractivity contribution in [1.29, 1.82) is 0 Å². The molecule has 0 radical (unpaired) electrons. The number of hydrogen-bond acceptors (Lipinski definition) is 3. The van der Waals surface area contributed by atoms with Gasteiger partial charge in [-0.15, -0.1) is 0 Å². The van der Waals surface area contributed by atoms with Crippen LogP contribution in [-0.4, -0.2) is 19.0 Å². The van der Waals surface area contributed by atoms with E-state index in [2.05, 4.69) is 10.6 Å². The van der Waals surface area contributed by atoms with Gasteiger partial charge in [0, 0.05) is 13.0 Å². The molecule has 2 N–H and O–H groups in total. The summed E-state index contributed by atoms with van der Waals surface area (Å²) in [4.78, 5) is 12.2. The molecule has 3 rings (SSSR count). The number of ether oxygens (including phenoxy) is 1. The van der Waals surface area contributed by atoms with Crippen molar-refractivity contribution < 1.29 is 13.9 Å². The van der Waals surface area contributed by atoms with Gasteiger partial charge in [0.15, 0.2) is 5.75 Å². The summed E-state index contributed by atoms with van der Waals surface area (Å²) < 4.78 is 19.4. The third kappa shape index (κ3) is 5.93. The van der Waals surface area contributed by atoms with Crippen LogP contribution in [0.3, 0.4) is 0 Å². The van der Waals surface area contributed by atoms with Gasteiger partial charge >= 0.3 is 0 Å². The average Bonchev–Trinajstić information content (AvgIpc) is 2.71. The summed E-state index contributed by atoms with van der Waals surface area (Å²) in [7, 11) is 0. The van der Waals surface area contributed by atoms with E-state index in [1.54, 1.807) is 12.1 Å². The first-order valence-corrected chi connectivity index (χ1v) is 9.28. The molecular formula is C23H23FN2O2. The second-order valence-corrected chi connectivity index (χ2v) is 6.30. The summed E-state index contributed by atoms with van der Waals surface area (Å²) in [6.45, 7) is 1.13. The van der Waals surface area contributed by atoms with Gasteiger partial charge in [0.1, 0.15) is 11.6 Å². The minimum Gasteiger partial charge on any atom is -0.455 e. The van der Waals surface area contributed by atoms with Gasteiger partial charge in [-0.25, -0.2) is 4.39 Å². The molecule has 0 spiro atoms. The highest BCUT2D eigenvalue weighted by Crippen LogP contribution is 2.29. The lowest BCUT2D eigenvalue weighted by atomic mass is 10.1. The molecule has 0 unspecified atom stereocenters. The van der Waals surface area contributed by atoms with Crippen LogP contribution in [0.4, 0.5) is 10.1 Å². The molecular weight excluding hydrogens is 355 g/mol. The van der Waals surface area contributed by atoms with Crippen molar-refractivity contribution in [1.82, 2.24) is 5.32 Å². The first-order chi connectivity index (χ1) is 13.7. The molecule has 28 heavy (non-hydrogen) atoms. The van der Waals surface area contributed by atoms with Crippen LogP contribution in [0.25, 0.3) is 0 Å². The molecule has 0 aliphatic rings. The summed E-state index contributed by atoms with van der Waals surface area (Å²) in [6.07, 6.45) is 0.902. The normalized spacial score (nSPS) is 10.5. The fraction of sp³-hybridized carbons (Fsp3) is 0.174. The Bertz CT molecular complexity index is 900. The molecule has 0 aromatic heterocycles. The molecule has 0 aliphatic heterocycles. The Morgan fingerprint density at radius 1 is 0.857 bits per heavy atom. The molecule has 0 heterocycles. The van der Waals surface area contributed by atoms with Gasteiger partial charge in [-0.1, -0.05) is 48.5 Å². The highest BCUT2D eigenvalue weighted by atomic mass is 19.1. The molecule has 0 aliphatic carbocycles. The Morgan fingerprint density at radius 3 is 2.39 bits per heavy atom. The van der Waals surface area contributed by atoms with E-state index in [1.807, 2.05) is 60.7 Å². The summed E-state index contributed by atoms with van der Waals surface area (Å²) in [6, 6.07) is 23.5. The monoisotopic (exact) mass is 378 g/mol. The topological polar surface area (TPSA) is 50.4 Å². The van der Waals surface area contributed by atoms with Gasteiger partial charge in [0.05, 0.1) is 5.69 Å². The molecule has 0 saturated heterocycles. The fourth-order valence-electron chi connectivity index (χ4n) is 2.74. The Labute approximate surface area is 164 Å². The largest absolute Gasteiger partial charge is 0.455 e. The van der Waals surface area contributed by atoms with Crippen LogP contribution in [0.1, 0.15) is 12.0 Å². The molecule has 3 aromatic rings. The smallest absolute Gasteiger partial charge is 0.225 e.